The van der Waals surface area contributed by atoms with Gasteiger partial charge >= 0.3 is 6.09 Å². The van der Waals surface area contributed by atoms with Crippen molar-refractivity contribution in [3.05, 3.63) is 34.9 Å². The minimum absolute atomic E-state index is 0.111. The quantitative estimate of drug-likeness (QED) is 0.256. The summed E-state index contributed by atoms with van der Waals surface area (Å²) in [4.78, 5) is 43.4. The molecule has 232 valence electrons. The number of amides is 3. The molecule has 3 atom stereocenters. The fraction of sp³-hybridized carbons (Fsp3) is 0.727. The summed E-state index contributed by atoms with van der Waals surface area (Å²) >= 11 is 1.62. The number of carbonyl (C=O) groups excluding carboxylic acids is 3. The molecule has 1 fully saturated rings. The Morgan fingerprint density at radius 2 is 1.66 bits per heavy atom. The summed E-state index contributed by atoms with van der Waals surface area (Å²) in [6.07, 6.45) is 8.78. The van der Waals surface area contributed by atoms with E-state index in [2.05, 4.69) is 24.5 Å². The van der Waals surface area contributed by atoms with Crippen LogP contribution in [-0.2, 0) is 14.3 Å². The second-order valence-corrected chi connectivity index (χ2v) is 14.1. The number of ether oxygens (including phenoxy) is 1. The van der Waals surface area contributed by atoms with E-state index in [1.807, 2.05) is 45.2 Å². The summed E-state index contributed by atoms with van der Waals surface area (Å²) in [6, 6.07) is 4.32. The van der Waals surface area contributed by atoms with Gasteiger partial charge in [0.1, 0.15) is 17.7 Å². The predicted molar refractivity (Wildman–Crippen MR) is 170 cm³/mol. The molecular formula is C33H55N3O4S. The molecule has 2 rings (SSSR count). The number of carbonyl (C=O) groups is 3. The number of aryl methyl sites for hydroxylation is 2. The van der Waals surface area contributed by atoms with Crippen molar-refractivity contribution in [2.75, 3.05) is 12.0 Å². The monoisotopic (exact) mass is 589 g/mol. The molecule has 1 aliphatic carbocycles. The van der Waals surface area contributed by atoms with Gasteiger partial charge in [-0.25, -0.2) is 4.79 Å². The van der Waals surface area contributed by atoms with Gasteiger partial charge < -0.3 is 20.3 Å². The zero-order valence-electron chi connectivity index (χ0n) is 27.0. The summed E-state index contributed by atoms with van der Waals surface area (Å²) in [5.74, 6) is 0.745. The molecular weight excluding hydrogens is 534 g/mol. The maximum absolute atomic E-state index is 14.6. The van der Waals surface area contributed by atoms with Gasteiger partial charge in [0.2, 0.25) is 11.8 Å². The summed E-state index contributed by atoms with van der Waals surface area (Å²) < 4.78 is 5.53. The van der Waals surface area contributed by atoms with E-state index < -0.39 is 23.8 Å². The van der Waals surface area contributed by atoms with Gasteiger partial charge in [-0.05, 0) is 108 Å². The van der Waals surface area contributed by atoms with Gasteiger partial charge in [0.05, 0.1) is 0 Å². The number of alkyl carbamates (subject to hydrolysis) is 1. The molecule has 0 radical (unpaired) electrons. The van der Waals surface area contributed by atoms with Crippen LogP contribution in [0.1, 0.15) is 116 Å². The van der Waals surface area contributed by atoms with E-state index in [9.17, 15) is 14.4 Å². The van der Waals surface area contributed by atoms with Crippen LogP contribution in [0.4, 0.5) is 4.79 Å². The van der Waals surface area contributed by atoms with Crippen molar-refractivity contribution in [1.82, 2.24) is 15.5 Å². The van der Waals surface area contributed by atoms with Crippen LogP contribution >= 0.6 is 11.8 Å². The van der Waals surface area contributed by atoms with Crippen LogP contribution < -0.4 is 10.6 Å². The lowest BCUT2D eigenvalue weighted by atomic mass is 9.93. The van der Waals surface area contributed by atoms with Gasteiger partial charge in [-0.3, -0.25) is 9.59 Å². The lowest BCUT2D eigenvalue weighted by molar-refractivity contribution is -0.145. The Morgan fingerprint density at radius 1 is 1.00 bits per heavy atom. The molecule has 1 aromatic rings. The molecule has 0 aromatic heterocycles. The molecule has 1 saturated carbocycles. The van der Waals surface area contributed by atoms with Gasteiger partial charge in [-0.15, -0.1) is 0 Å². The predicted octanol–water partition coefficient (Wildman–Crippen LogP) is 7.09. The topological polar surface area (TPSA) is 87.7 Å². The zero-order valence-corrected chi connectivity index (χ0v) is 27.8. The molecule has 3 unspecified atom stereocenters. The smallest absolute Gasteiger partial charge is 0.408 e. The van der Waals surface area contributed by atoms with Crippen molar-refractivity contribution in [3.63, 3.8) is 0 Å². The van der Waals surface area contributed by atoms with Crippen molar-refractivity contribution in [2.24, 2.45) is 5.92 Å². The summed E-state index contributed by atoms with van der Waals surface area (Å²) in [7, 11) is 0. The van der Waals surface area contributed by atoms with E-state index in [0.717, 1.165) is 55.2 Å². The molecule has 0 bridgehead atoms. The summed E-state index contributed by atoms with van der Waals surface area (Å²) in [5.41, 5.74) is 2.32. The SMILES string of the molecule is CSCCC(NC(=O)OC(C)(C)C)C(=O)N(C(C)CCC(C)C)C(C(=O)NC1CCCCC1)c1ccc(C)c(C)c1. The van der Waals surface area contributed by atoms with Crippen molar-refractivity contribution in [3.8, 4) is 0 Å². The third-order valence-corrected chi connectivity index (χ3v) is 8.46. The first-order valence-electron chi connectivity index (χ1n) is 15.4. The number of nitrogens with zero attached hydrogens (tertiary/aromatic N) is 1. The number of thioether (sulfide) groups is 1. The molecule has 0 aliphatic heterocycles. The number of benzene rings is 1. The lowest BCUT2D eigenvalue weighted by Crippen LogP contribution is -2.56. The first-order chi connectivity index (χ1) is 19.2. The largest absolute Gasteiger partial charge is 0.444 e. The normalized spacial score (nSPS) is 16.5. The van der Waals surface area contributed by atoms with E-state index in [0.29, 0.717) is 18.1 Å². The minimum atomic E-state index is -0.810. The molecule has 2 N–H and O–H groups in total. The highest BCUT2D eigenvalue weighted by Crippen LogP contribution is 2.30. The highest BCUT2D eigenvalue weighted by molar-refractivity contribution is 7.98. The van der Waals surface area contributed by atoms with Crippen molar-refractivity contribution in [1.29, 1.82) is 0 Å². The lowest BCUT2D eigenvalue weighted by Gasteiger charge is -2.39. The Bertz CT molecular complexity index is 1000. The van der Waals surface area contributed by atoms with Crippen LogP contribution in [0.5, 0.6) is 0 Å². The zero-order chi connectivity index (χ0) is 30.7. The van der Waals surface area contributed by atoms with Gasteiger partial charge in [0, 0.05) is 12.1 Å². The van der Waals surface area contributed by atoms with Crippen LogP contribution in [0.15, 0.2) is 18.2 Å². The molecule has 1 aliphatic rings. The molecule has 0 saturated heterocycles. The van der Waals surface area contributed by atoms with Gasteiger partial charge in [0.15, 0.2) is 0 Å². The number of rotatable bonds is 13. The Hall–Kier alpha value is -2.22. The first kappa shape index (κ1) is 35.0. The highest BCUT2D eigenvalue weighted by atomic mass is 32.2. The molecule has 3 amide bonds. The van der Waals surface area contributed by atoms with Crippen LogP contribution in [0, 0.1) is 19.8 Å². The van der Waals surface area contributed by atoms with Crippen LogP contribution in [0.2, 0.25) is 0 Å². The maximum atomic E-state index is 14.6. The number of hydrogen-bond acceptors (Lipinski definition) is 5. The number of nitrogens with one attached hydrogen (secondary N) is 2. The average Bonchev–Trinajstić information content (AvgIpc) is 2.89. The molecule has 7 nitrogen and oxygen atoms in total. The Morgan fingerprint density at radius 3 is 2.22 bits per heavy atom. The summed E-state index contributed by atoms with van der Waals surface area (Å²) in [6.45, 7) is 15.9. The third-order valence-electron chi connectivity index (χ3n) is 7.82. The highest BCUT2D eigenvalue weighted by Gasteiger charge is 2.39. The van der Waals surface area contributed by atoms with Crippen molar-refractivity contribution >= 4 is 29.7 Å². The molecule has 41 heavy (non-hydrogen) atoms. The molecule has 1 aromatic carbocycles. The van der Waals surface area contributed by atoms with Crippen LogP contribution in [0.3, 0.4) is 0 Å². The van der Waals surface area contributed by atoms with E-state index >= 15 is 0 Å². The number of hydrogen-bond donors (Lipinski definition) is 2. The second-order valence-electron chi connectivity index (χ2n) is 13.1. The maximum Gasteiger partial charge on any atom is 0.408 e. The molecule has 8 heteroatoms. The second kappa shape index (κ2) is 16.4. The van der Waals surface area contributed by atoms with Crippen LogP contribution in [-0.4, -0.2) is 58.5 Å². The van der Waals surface area contributed by atoms with Crippen LogP contribution in [0.25, 0.3) is 0 Å². The fourth-order valence-corrected chi connectivity index (χ4v) is 5.81. The Balaban J connectivity index is 2.57. The van der Waals surface area contributed by atoms with Gasteiger partial charge in [-0.2, -0.15) is 11.8 Å². The minimum Gasteiger partial charge on any atom is -0.444 e. The van der Waals surface area contributed by atoms with Gasteiger partial charge in [0.25, 0.3) is 0 Å². The van der Waals surface area contributed by atoms with E-state index in [1.54, 1.807) is 37.4 Å². The Labute approximate surface area is 253 Å². The fourth-order valence-electron chi connectivity index (χ4n) is 5.34. The van der Waals surface area contributed by atoms with Crippen molar-refractivity contribution < 1.29 is 19.1 Å². The average molecular weight is 590 g/mol. The van der Waals surface area contributed by atoms with E-state index in [4.69, 9.17) is 4.74 Å². The van der Waals surface area contributed by atoms with E-state index in [-0.39, 0.29) is 23.9 Å². The first-order valence-corrected chi connectivity index (χ1v) is 16.8. The molecule has 0 spiro atoms. The van der Waals surface area contributed by atoms with E-state index in [1.165, 1.54) is 6.42 Å². The molecule has 0 heterocycles. The van der Waals surface area contributed by atoms with Crippen molar-refractivity contribution in [2.45, 2.75) is 137 Å². The van der Waals surface area contributed by atoms with Gasteiger partial charge in [-0.1, -0.05) is 51.3 Å². The Kier molecular flexibility index (Phi) is 14.0. The third kappa shape index (κ3) is 11.5. The standard InChI is InChI=1S/C33H55N3O4S/c1-22(2)15-17-25(5)36(31(38)28(19-20-41-9)35-32(39)40-33(6,7)8)29(26-18-16-23(3)24(4)21-26)30(37)34-27-13-11-10-12-14-27/h16,18,21-22,25,27-29H,10-15,17,19-20H2,1-9H3,(H,34,37)(H,35,39). The summed E-state index contributed by atoms with van der Waals surface area (Å²) in [5, 5.41) is 6.17.